The summed E-state index contributed by atoms with van der Waals surface area (Å²) in [5.74, 6) is 1.96. The lowest BCUT2D eigenvalue weighted by Gasteiger charge is -2.09. The number of thioether (sulfide) groups is 2. The Morgan fingerprint density at radius 1 is 1.07 bits per heavy atom. The standard InChI is InChI=1S/C20H20N4O3S3/c1-26-16-10-6-9-15(18(16)27-2)11-21-22-17(25)13-29-20-24-23-19(30-20)28-12-14-7-4-3-5-8-14/h3-11H,12-13H2,1-2H3,(H,22,25)/b21-11-. The van der Waals surface area contributed by atoms with E-state index in [-0.39, 0.29) is 11.7 Å². The van der Waals surface area contributed by atoms with E-state index in [2.05, 4.69) is 32.9 Å². The van der Waals surface area contributed by atoms with Gasteiger partial charge in [-0.05, 0) is 17.7 Å². The number of amides is 1. The van der Waals surface area contributed by atoms with Gasteiger partial charge in [0.15, 0.2) is 20.2 Å². The molecule has 0 spiro atoms. The molecule has 1 aromatic heterocycles. The first kappa shape index (κ1) is 22.1. The third-order valence-corrected chi connectivity index (χ3v) is 7.01. The topological polar surface area (TPSA) is 85.7 Å². The highest BCUT2D eigenvalue weighted by atomic mass is 32.2. The molecule has 3 rings (SSSR count). The molecule has 0 aliphatic heterocycles. The molecule has 0 saturated carbocycles. The maximum atomic E-state index is 12.1. The molecule has 1 heterocycles. The highest BCUT2D eigenvalue weighted by Gasteiger charge is 2.10. The van der Waals surface area contributed by atoms with E-state index in [1.54, 1.807) is 32.0 Å². The Hall–Kier alpha value is -2.56. The molecule has 7 nitrogen and oxygen atoms in total. The van der Waals surface area contributed by atoms with Gasteiger partial charge in [0, 0.05) is 11.3 Å². The number of carbonyl (C=O) groups excluding carboxylic acids is 1. The van der Waals surface area contributed by atoms with Crippen molar-refractivity contribution in [2.75, 3.05) is 20.0 Å². The summed E-state index contributed by atoms with van der Waals surface area (Å²) in [6, 6.07) is 15.6. The number of nitrogens with zero attached hydrogens (tertiary/aromatic N) is 3. The summed E-state index contributed by atoms with van der Waals surface area (Å²) in [6.07, 6.45) is 1.52. The third kappa shape index (κ3) is 6.48. The van der Waals surface area contributed by atoms with Crippen LogP contribution in [0.5, 0.6) is 11.5 Å². The van der Waals surface area contributed by atoms with Crippen molar-refractivity contribution in [3.8, 4) is 11.5 Å². The van der Waals surface area contributed by atoms with Crippen LogP contribution in [0.1, 0.15) is 11.1 Å². The molecule has 0 aliphatic rings. The average molecular weight is 461 g/mol. The molecule has 3 aromatic rings. The number of hydrogen-bond donors (Lipinski definition) is 1. The Bertz CT molecular complexity index is 996. The van der Waals surface area contributed by atoms with Gasteiger partial charge in [-0.15, -0.1) is 10.2 Å². The van der Waals surface area contributed by atoms with Gasteiger partial charge in [-0.25, -0.2) is 5.43 Å². The van der Waals surface area contributed by atoms with Gasteiger partial charge in [-0.1, -0.05) is 71.3 Å². The fourth-order valence-corrected chi connectivity index (χ4v) is 5.15. The summed E-state index contributed by atoms with van der Waals surface area (Å²) < 4.78 is 12.2. The van der Waals surface area contributed by atoms with Gasteiger partial charge >= 0.3 is 0 Å². The number of ether oxygens (including phenoxy) is 2. The number of aromatic nitrogens is 2. The quantitative estimate of drug-likeness (QED) is 0.277. The van der Waals surface area contributed by atoms with Crippen LogP contribution in [0.25, 0.3) is 0 Å². The van der Waals surface area contributed by atoms with Crippen molar-refractivity contribution in [2.45, 2.75) is 14.4 Å². The second kappa shape index (κ2) is 11.6. The molecule has 0 unspecified atom stereocenters. The smallest absolute Gasteiger partial charge is 0.250 e. The highest BCUT2D eigenvalue weighted by Crippen LogP contribution is 2.31. The van der Waals surface area contributed by atoms with Crippen LogP contribution in [0.2, 0.25) is 0 Å². The fourth-order valence-electron chi connectivity index (χ4n) is 2.38. The normalized spacial score (nSPS) is 10.9. The average Bonchev–Trinajstić information content (AvgIpc) is 3.24. The van der Waals surface area contributed by atoms with E-state index in [4.69, 9.17) is 9.47 Å². The minimum Gasteiger partial charge on any atom is -0.493 e. The second-order valence-electron chi connectivity index (χ2n) is 5.77. The van der Waals surface area contributed by atoms with Crippen LogP contribution in [-0.4, -0.2) is 42.3 Å². The second-order valence-corrected chi connectivity index (χ2v) is 9.20. The van der Waals surface area contributed by atoms with Crippen LogP contribution in [0.3, 0.4) is 0 Å². The molecule has 0 aliphatic carbocycles. The molecule has 0 atom stereocenters. The Morgan fingerprint density at radius 2 is 1.83 bits per heavy atom. The lowest BCUT2D eigenvalue weighted by molar-refractivity contribution is -0.118. The predicted octanol–water partition coefficient (Wildman–Crippen LogP) is 4.09. The van der Waals surface area contributed by atoms with E-state index in [9.17, 15) is 4.79 Å². The zero-order valence-electron chi connectivity index (χ0n) is 16.4. The summed E-state index contributed by atoms with van der Waals surface area (Å²) in [6.45, 7) is 0. The van der Waals surface area contributed by atoms with Gasteiger partial charge in [-0.3, -0.25) is 4.79 Å². The Balaban J connectivity index is 1.45. The Kier molecular flexibility index (Phi) is 8.54. The molecule has 0 radical (unpaired) electrons. The lowest BCUT2D eigenvalue weighted by atomic mass is 10.2. The number of para-hydroxylation sites is 1. The van der Waals surface area contributed by atoms with E-state index in [0.717, 1.165) is 14.4 Å². The molecule has 2 aromatic carbocycles. The van der Waals surface area contributed by atoms with Crippen LogP contribution in [0.4, 0.5) is 0 Å². The number of carbonyl (C=O) groups is 1. The van der Waals surface area contributed by atoms with Crippen LogP contribution in [-0.2, 0) is 10.5 Å². The summed E-state index contributed by atoms with van der Waals surface area (Å²) in [4.78, 5) is 12.1. The van der Waals surface area contributed by atoms with Gasteiger partial charge in [0.05, 0.1) is 26.2 Å². The Labute approximate surface area is 187 Å². The number of hydrazone groups is 1. The van der Waals surface area contributed by atoms with Gasteiger partial charge in [-0.2, -0.15) is 5.10 Å². The molecule has 0 fully saturated rings. The fraction of sp³-hybridized carbons (Fsp3) is 0.200. The Morgan fingerprint density at radius 3 is 2.57 bits per heavy atom. The van der Waals surface area contributed by atoms with Crippen molar-refractivity contribution >= 4 is 47.0 Å². The van der Waals surface area contributed by atoms with E-state index in [1.807, 2.05) is 30.3 Å². The first-order valence-electron chi connectivity index (χ1n) is 8.85. The zero-order valence-corrected chi connectivity index (χ0v) is 18.9. The number of rotatable bonds is 10. The van der Waals surface area contributed by atoms with Crippen LogP contribution in [0.15, 0.2) is 62.3 Å². The van der Waals surface area contributed by atoms with E-state index in [1.165, 1.54) is 34.9 Å². The molecule has 0 saturated heterocycles. The number of nitrogens with one attached hydrogen (secondary N) is 1. The van der Waals surface area contributed by atoms with E-state index >= 15 is 0 Å². The number of methoxy groups -OCH3 is 2. The maximum Gasteiger partial charge on any atom is 0.250 e. The molecule has 1 N–H and O–H groups in total. The maximum absolute atomic E-state index is 12.1. The molecule has 30 heavy (non-hydrogen) atoms. The summed E-state index contributed by atoms with van der Waals surface area (Å²) in [7, 11) is 3.12. The number of hydrogen-bond acceptors (Lipinski definition) is 9. The molecule has 0 bridgehead atoms. The molecular formula is C20H20N4O3S3. The largest absolute Gasteiger partial charge is 0.493 e. The van der Waals surface area contributed by atoms with E-state index < -0.39 is 0 Å². The first-order valence-corrected chi connectivity index (χ1v) is 11.6. The molecule has 10 heteroatoms. The SMILES string of the molecule is COc1cccc(/C=N\NC(=O)CSc2nnc(SCc3ccccc3)s2)c1OC. The lowest BCUT2D eigenvalue weighted by Crippen LogP contribution is -2.19. The summed E-state index contributed by atoms with van der Waals surface area (Å²) in [5, 5.41) is 12.3. The molecular weight excluding hydrogens is 440 g/mol. The van der Waals surface area contributed by atoms with Gasteiger partial charge in [0.25, 0.3) is 5.91 Å². The number of benzene rings is 2. The van der Waals surface area contributed by atoms with Crippen molar-refractivity contribution in [1.29, 1.82) is 0 Å². The van der Waals surface area contributed by atoms with Crippen LogP contribution < -0.4 is 14.9 Å². The monoisotopic (exact) mass is 460 g/mol. The van der Waals surface area contributed by atoms with Crippen molar-refractivity contribution in [3.63, 3.8) is 0 Å². The van der Waals surface area contributed by atoms with Crippen molar-refractivity contribution in [3.05, 3.63) is 59.7 Å². The molecule has 1 amide bonds. The first-order chi connectivity index (χ1) is 14.7. The van der Waals surface area contributed by atoms with Crippen LogP contribution in [0, 0.1) is 0 Å². The van der Waals surface area contributed by atoms with Crippen molar-refractivity contribution in [2.24, 2.45) is 5.10 Å². The minimum absolute atomic E-state index is 0.199. The van der Waals surface area contributed by atoms with Gasteiger partial charge in [0.2, 0.25) is 0 Å². The molecule has 156 valence electrons. The van der Waals surface area contributed by atoms with Crippen molar-refractivity contribution < 1.29 is 14.3 Å². The zero-order chi connectivity index (χ0) is 21.2. The van der Waals surface area contributed by atoms with Gasteiger partial charge < -0.3 is 9.47 Å². The highest BCUT2D eigenvalue weighted by molar-refractivity contribution is 8.03. The predicted molar refractivity (Wildman–Crippen MR) is 122 cm³/mol. The summed E-state index contributed by atoms with van der Waals surface area (Å²) in [5.41, 5.74) is 4.44. The minimum atomic E-state index is -0.230. The third-order valence-electron chi connectivity index (χ3n) is 3.75. The summed E-state index contributed by atoms with van der Waals surface area (Å²) >= 11 is 4.44. The van der Waals surface area contributed by atoms with Crippen LogP contribution >= 0.6 is 34.9 Å². The van der Waals surface area contributed by atoms with E-state index in [0.29, 0.717) is 17.1 Å². The van der Waals surface area contributed by atoms with Crippen molar-refractivity contribution in [1.82, 2.24) is 15.6 Å². The van der Waals surface area contributed by atoms with Gasteiger partial charge in [0.1, 0.15) is 0 Å².